The Morgan fingerprint density at radius 1 is 1.05 bits per heavy atom. The molecule has 20 heavy (non-hydrogen) atoms. The number of carbonyl (C=O) groups is 1. The Hall–Kier alpha value is -1.20. The Morgan fingerprint density at radius 3 is 1.85 bits per heavy atom. The summed E-state index contributed by atoms with van der Waals surface area (Å²) >= 11 is 0. The molecule has 0 fully saturated rings. The van der Waals surface area contributed by atoms with Crippen molar-refractivity contribution in [1.29, 1.82) is 0 Å². The number of Topliss-reactive ketones (excluding diaryl/α,β-unsaturated/α-hetero) is 1. The van der Waals surface area contributed by atoms with Crippen molar-refractivity contribution in [2.24, 2.45) is 0 Å². The summed E-state index contributed by atoms with van der Waals surface area (Å²) < 4.78 is 26.7. The van der Waals surface area contributed by atoms with E-state index >= 15 is 0 Å². The lowest BCUT2D eigenvalue weighted by Gasteiger charge is -2.29. The van der Waals surface area contributed by atoms with Gasteiger partial charge in [-0.3, -0.25) is 4.79 Å². The fourth-order valence-electron chi connectivity index (χ4n) is 2.34. The summed E-state index contributed by atoms with van der Waals surface area (Å²) in [4.78, 5) is 11.3. The van der Waals surface area contributed by atoms with Crippen molar-refractivity contribution >= 4 is 15.8 Å². The minimum Gasteiger partial charge on any atom is -0.300 e. The molecule has 0 unspecified atom stereocenters. The van der Waals surface area contributed by atoms with E-state index in [1.165, 1.54) is 11.2 Å². The van der Waals surface area contributed by atoms with Crippen molar-refractivity contribution in [3.05, 3.63) is 29.8 Å². The number of hydrogen-bond acceptors (Lipinski definition) is 3. The number of hydrogen-bond donors (Lipinski definition) is 0. The Morgan fingerprint density at radius 2 is 1.50 bits per heavy atom. The van der Waals surface area contributed by atoms with Crippen LogP contribution in [0.5, 0.6) is 0 Å². The molecule has 112 valence electrons. The number of nitrogens with zero attached hydrogens (tertiary/aromatic N) is 1. The lowest BCUT2D eigenvalue weighted by atomic mass is 10.1. The van der Waals surface area contributed by atoms with Gasteiger partial charge in [0.05, 0.1) is 4.90 Å². The second-order valence-corrected chi connectivity index (χ2v) is 7.39. The zero-order valence-corrected chi connectivity index (χ0v) is 13.6. The van der Waals surface area contributed by atoms with Crippen molar-refractivity contribution in [3.63, 3.8) is 0 Å². The highest BCUT2D eigenvalue weighted by Crippen LogP contribution is 2.21. The number of ketones is 1. The summed E-state index contributed by atoms with van der Waals surface area (Å²) in [7, 11) is -3.50. The molecule has 1 aromatic rings. The molecule has 0 radical (unpaired) electrons. The van der Waals surface area contributed by atoms with Crippen molar-refractivity contribution in [2.75, 3.05) is 0 Å². The average Bonchev–Trinajstić information content (AvgIpc) is 2.26. The van der Waals surface area contributed by atoms with Gasteiger partial charge >= 0.3 is 0 Å². The number of carbonyl (C=O) groups excluding carboxylic acids is 1. The van der Waals surface area contributed by atoms with Crippen LogP contribution < -0.4 is 0 Å². The van der Waals surface area contributed by atoms with E-state index in [4.69, 9.17) is 0 Å². The van der Waals surface area contributed by atoms with Gasteiger partial charge in [-0.25, -0.2) is 8.42 Å². The first kappa shape index (κ1) is 16.9. The van der Waals surface area contributed by atoms with Crippen LogP contribution in [0.15, 0.2) is 29.2 Å². The number of benzene rings is 1. The molecule has 0 aliphatic rings. The zero-order valence-electron chi connectivity index (χ0n) is 12.8. The van der Waals surface area contributed by atoms with Gasteiger partial charge in [0.1, 0.15) is 5.78 Å². The highest BCUT2D eigenvalue weighted by Gasteiger charge is 2.29. The van der Waals surface area contributed by atoms with Gasteiger partial charge in [0.25, 0.3) is 0 Å². The molecule has 0 heterocycles. The van der Waals surface area contributed by atoms with E-state index in [9.17, 15) is 13.2 Å². The molecule has 5 heteroatoms. The smallest absolute Gasteiger partial charge is 0.243 e. The molecule has 1 aromatic carbocycles. The maximum absolute atomic E-state index is 12.6. The van der Waals surface area contributed by atoms with Crippen LogP contribution in [0.25, 0.3) is 0 Å². The Kier molecular flexibility index (Phi) is 5.48. The molecule has 0 aromatic heterocycles. The quantitative estimate of drug-likeness (QED) is 0.811. The maximum atomic E-state index is 12.6. The number of rotatable bonds is 6. The van der Waals surface area contributed by atoms with Gasteiger partial charge in [-0.1, -0.05) is 12.1 Å². The van der Waals surface area contributed by atoms with Gasteiger partial charge in [-0.15, -0.1) is 0 Å². The highest BCUT2D eigenvalue weighted by atomic mass is 32.2. The first-order chi connectivity index (χ1) is 9.16. The van der Waals surface area contributed by atoms with Crippen molar-refractivity contribution in [3.8, 4) is 0 Å². The monoisotopic (exact) mass is 297 g/mol. The Labute approximate surface area is 121 Å². The summed E-state index contributed by atoms with van der Waals surface area (Å²) in [5.41, 5.74) is 0.831. The summed E-state index contributed by atoms with van der Waals surface area (Å²) in [6.07, 6.45) is 0.332. The molecule has 4 nitrogen and oxygen atoms in total. The molecular weight excluding hydrogens is 274 g/mol. The topological polar surface area (TPSA) is 54.5 Å². The van der Waals surface area contributed by atoms with Gasteiger partial charge in [-0.2, -0.15) is 4.31 Å². The van der Waals surface area contributed by atoms with Gasteiger partial charge in [0.15, 0.2) is 0 Å². The van der Waals surface area contributed by atoms with E-state index in [1.807, 2.05) is 27.7 Å². The Bertz CT molecular complexity index is 551. The largest absolute Gasteiger partial charge is 0.300 e. The van der Waals surface area contributed by atoms with Crippen LogP contribution in [-0.2, 0) is 21.2 Å². The predicted octanol–water partition coefficient (Wildman–Crippen LogP) is 2.63. The summed E-state index contributed by atoms with van der Waals surface area (Å²) in [6, 6.07) is 6.35. The van der Waals surface area contributed by atoms with Gasteiger partial charge in [0.2, 0.25) is 10.0 Å². The third-order valence-corrected chi connectivity index (χ3v) is 5.24. The van der Waals surface area contributed by atoms with E-state index in [1.54, 1.807) is 24.3 Å². The molecule has 0 saturated heterocycles. The second kappa shape index (κ2) is 6.50. The highest BCUT2D eigenvalue weighted by molar-refractivity contribution is 7.89. The van der Waals surface area contributed by atoms with E-state index in [0.29, 0.717) is 6.42 Å². The van der Waals surface area contributed by atoms with Gasteiger partial charge in [0, 0.05) is 18.5 Å². The van der Waals surface area contributed by atoms with Crippen LogP contribution in [0, 0.1) is 0 Å². The molecule has 0 aliphatic carbocycles. The van der Waals surface area contributed by atoms with Crippen molar-refractivity contribution in [1.82, 2.24) is 4.31 Å². The van der Waals surface area contributed by atoms with Crippen LogP contribution in [0.1, 0.15) is 40.2 Å². The van der Waals surface area contributed by atoms with Gasteiger partial charge < -0.3 is 0 Å². The normalized spacial score (nSPS) is 12.4. The lowest BCUT2D eigenvalue weighted by Crippen LogP contribution is -2.41. The molecule has 0 spiro atoms. The maximum Gasteiger partial charge on any atom is 0.243 e. The van der Waals surface area contributed by atoms with Crippen LogP contribution >= 0.6 is 0 Å². The van der Waals surface area contributed by atoms with E-state index in [-0.39, 0.29) is 22.8 Å². The van der Waals surface area contributed by atoms with Crippen LogP contribution in [0.2, 0.25) is 0 Å². The van der Waals surface area contributed by atoms with Crippen LogP contribution in [0.4, 0.5) is 0 Å². The molecule has 0 N–H and O–H groups in total. The summed E-state index contributed by atoms with van der Waals surface area (Å²) in [5.74, 6) is 0.0617. The molecule has 0 bridgehead atoms. The molecule has 0 amide bonds. The fourth-order valence-corrected chi connectivity index (χ4v) is 4.17. The molecule has 0 atom stereocenters. The van der Waals surface area contributed by atoms with E-state index < -0.39 is 10.0 Å². The van der Waals surface area contributed by atoms with Crippen molar-refractivity contribution < 1.29 is 13.2 Å². The third kappa shape index (κ3) is 3.90. The minimum atomic E-state index is -3.50. The standard InChI is InChI=1S/C15H23NO3S/c1-11(2)16(12(3)4)20(18,19)15-8-6-14(7-9-15)10-13(5)17/h6-9,11-12H,10H2,1-5H3. The third-order valence-electron chi connectivity index (χ3n) is 2.97. The summed E-state index contributed by atoms with van der Waals surface area (Å²) in [5, 5.41) is 0. The predicted molar refractivity (Wildman–Crippen MR) is 80.1 cm³/mol. The van der Waals surface area contributed by atoms with Crippen LogP contribution in [-0.4, -0.2) is 30.6 Å². The van der Waals surface area contributed by atoms with Crippen LogP contribution in [0.3, 0.4) is 0 Å². The van der Waals surface area contributed by atoms with Crippen molar-refractivity contribution in [2.45, 2.75) is 58.0 Å². The average molecular weight is 297 g/mol. The molecular formula is C15H23NO3S. The fraction of sp³-hybridized carbons (Fsp3) is 0.533. The second-order valence-electron chi connectivity index (χ2n) is 5.55. The zero-order chi connectivity index (χ0) is 15.5. The van der Waals surface area contributed by atoms with Gasteiger partial charge in [-0.05, 0) is 52.3 Å². The SMILES string of the molecule is CC(=O)Cc1ccc(S(=O)(=O)N(C(C)C)C(C)C)cc1. The molecule has 0 aliphatic heterocycles. The first-order valence-electron chi connectivity index (χ1n) is 6.78. The number of sulfonamides is 1. The van der Waals surface area contributed by atoms with E-state index in [0.717, 1.165) is 5.56 Å². The minimum absolute atomic E-state index is 0.0617. The van der Waals surface area contributed by atoms with E-state index in [2.05, 4.69) is 0 Å². The Balaban J connectivity index is 3.12. The molecule has 0 saturated carbocycles. The lowest BCUT2D eigenvalue weighted by molar-refractivity contribution is -0.116. The first-order valence-corrected chi connectivity index (χ1v) is 8.22. The molecule has 1 rings (SSSR count). The summed E-state index contributed by atoms with van der Waals surface area (Å²) in [6.45, 7) is 8.97.